The standard InChI is InChI=1S/C18H20F3N3O2/c1-24(2)13-9-7-12(8-10-13)16(25)11-22-17(26)23-15-6-4-3-5-14(15)18(19,20)21/h3-10,16,25H,11H2,1-2H3,(H2,22,23,26)/t16-/m0/s1. The van der Waals surface area contributed by atoms with Crippen LogP contribution in [0.25, 0.3) is 0 Å². The van der Waals surface area contributed by atoms with Crippen molar-refractivity contribution >= 4 is 17.4 Å². The van der Waals surface area contributed by atoms with Crippen molar-refractivity contribution in [2.45, 2.75) is 12.3 Å². The molecule has 0 unspecified atom stereocenters. The summed E-state index contributed by atoms with van der Waals surface area (Å²) in [7, 11) is 3.77. The van der Waals surface area contributed by atoms with Gasteiger partial charge in [0.1, 0.15) is 0 Å². The largest absolute Gasteiger partial charge is 0.418 e. The minimum atomic E-state index is -4.57. The second-order valence-corrected chi connectivity index (χ2v) is 5.88. The van der Waals surface area contributed by atoms with Crippen LogP contribution >= 0.6 is 0 Å². The van der Waals surface area contributed by atoms with Gasteiger partial charge in [0.15, 0.2) is 0 Å². The van der Waals surface area contributed by atoms with E-state index >= 15 is 0 Å². The third kappa shape index (κ3) is 5.13. The highest BCUT2D eigenvalue weighted by Crippen LogP contribution is 2.34. The molecule has 0 fully saturated rings. The summed E-state index contributed by atoms with van der Waals surface area (Å²) in [5.41, 5.74) is 0.263. The summed E-state index contributed by atoms with van der Waals surface area (Å²) in [6.45, 7) is -0.138. The molecule has 5 nitrogen and oxygen atoms in total. The average molecular weight is 367 g/mol. The van der Waals surface area contributed by atoms with Crippen molar-refractivity contribution in [3.63, 3.8) is 0 Å². The average Bonchev–Trinajstić information content (AvgIpc) is 2.59. The van der Waals surface area contributed by atoms with E-state index in [-0.39, 0.29) is 12.2 Å². The van der Waals surface area contributed by atoms with Gasteiger partial charge in [0, 0.05) is 26.3 Å². The molecule has 0 aliphatic carbocycles. The Kier molecular flexibility index (Phi) is 6.10. The van der Waals surface area contributed by atoms with E-state index in [1.807, 2.05) is 31.1 Å². The zero-order valence-corrected chi connectivity index (χ0v) is 14.3. The Morgan fingerprint density at radius 2 is 1.73 bits per heavy atom. The highest BCUT2D eigenvalue weighted by molar-refractivity contribution is 5.90. The van der Waals surface area contributed by atoms with Gasteiger partial charge in [0.05, 0.1) is 17.4 Å². The number of nitrogens with one attached hydrogen (secondary N) is 2. The third-order valence-corrected chi connectivity index (χ3v) is 3.73. The van der Waals surface area contributed by atoms with Gasteiger partial charge in [-0.25, -0.2) is 4.79 Å². The molecular weight excluding hydrogens is 347 g/mol. The molecule has 0 heterocycles. The molecule has 2 aromatic carbocycles. The zero-order valence-electron chi connectivity index (χ0n) is 14.3. The van der Waals surface area contributed by atoms with Crippen LogP contribution in [0.2, 0.25) is 0 Å². The lowest BCUT2D eigenvalue weighted by Crippen LogP contribution is -2.33. The van der Waals surface area contributed by atoms with Gasteiger partial charge in [-0.3, -0.25) is 0 Å². The number of halogens is 3. The molecule has 2 rings (SSSR count). The van der Waals surface area contributed by atoms with E-state index in [0.29, 0.717) is 5.56 Å². The molecule has 2 amide bonds. The highest BCUT2D eigenvalue weighted by atomic mass is 19.4. The smallest absolute Gasteiger partial charge is 0.387 e. The van der Waals surface area contributed by atoms with Gasteiger partial charge in [-0.2, -0.15) is 13.2 Å². The van der Waals surface area contributed by atoms with E-state index in [0.717, 1.165) is 11.8 Å². The Morgan fingerprint density at radius 1 is 1.12 bits per heavy atom. The summed E-state index contributed by atoms with van der Waals surface area (Å²) in [4.78, 5) is 13.8. The molecular formula is C18H20F3N3O2. The number of carbonyl (C=O) groups is 1. The highest BCUT2D eigenvalue weighted by Gasteiger charge is 2.33. The summed E-state index contributed by atoms with van der Waals surface area (Å²) >= 11 is 0. The van der Waals surface area contributed by atoms with E-state index in [2.05, 4.69) is 10.6 Å². The Morgan fingerprint density at radius 3 is 2.31 bits per heavy atom. The quantitative estimate of drug-likeness (QED) is 0.756. The van der Waals surface area contributed by atoms with Gasteiger partial charge in [-0.05, 0) is 29.8 Å². The summed E-state index contributed by atoms with van der Waals surface area (Å²) in [5, 5.41) is 14.6. The van der Waals surface area contributed by atoms with Crippen LogP contribution in [0.15, 0.2) is 48.5 Å². The third-order valence-electron chi connectivity index (χ3n) is 3.73. The van der Waals surface area contributed by atoms with E-state index in [1.54, 1.807) is 12.1 Å². The fraction of sp³-hybridized carbons (Fsp3) is 0.278. The molecule has 26 heavy (non-hydrogen) atoms. The van der Waals surface area contributed by atoms with Crippen LogP contribution in [0, 0.1) is 0 Å². The van der Waals surface area contributed by atoms with Crippen LogP contribution in [-0.2, 0) is 6.18 Å². The maximum absolute atomic E-state index is 12.9. The Labute approximate surface area is 149 Å². The van der Waals surface area contributed by atoms with Crippen molar-refractivity contribution in [2.24, 2.45) is 0 Å². The first-order valence-electron chi connectivity index (χ1n) is 7.85. The number of anilines is 2. The van der Waals surface area contributed by atoms with Crippen molar-refractivity contribution in [3.8, 4) is 0 Å². The lowest BCUT2D eigenvalue weighted by atomic mass is 10.1. The van der Waals surface area contributed by atoms with Crippen LogP contribution in [0.3, 0.4) is 0 Å². The molecule has 3 N–H and O–H groups in total. The molecule has 0 radical (unpaired) electrons. The number of hydrogen-bond acceptors (Lipinski definition) is 3. The van der Waals surface area contributed by atoms with Crippen LogP contribution in [0.5, 0.6) is 0 Å². The minimum Gasteiger partial charge on any atom is -0.387 e. The van der Waals surface area contributed by atoms with Gasteiger partial charge >= 0.3 is 12.2 Å². The number of amides is 2. The van der Waals surface area contributed by atoms with Crippen molar-refractivity contribution in [3.05, 3.63) is 59.7 Å². The van der Waals surface area contributed by atoms with Crippen molar-refractivity contribution in [1.82, 2.24) is 5.32 Å². The molecule has 0 saturated heterocycles. The first-order chi connectivity index (χ1) is 12.2. The van der Waals surface area contributed by atoms with Crippen LogP contribution < -0.4 is 15.5 Å². The maximum Gasteiger partial charge on any atom is 0.418 e. The van der Waals surface area contributed by atoms with Gasteiger partial charge in [-0.15, -0.1) is 0 Å². The normalized spacial score (nSPS) is 12.4. The Balaban J connectivity index is 1.95. The summed E-state index contributed by atoms with van der Waals surface area (Å²) in [6, 6.07) is 10.9. The van der Waals surface area contributed by atoms with Gasteiger partial charge in [-0.1, -0.05) is 24.3 Å². The van der Waals surface area contributed by atoms with Crippen molar-refractivity contribution in [2.75, 3.05) is 30.9 Å². The number of benzene rings is 2. The first-order valence-corrected chi connectivity index (χ1v) is 7.85. The topological polar surface area (TPSA) is 64.6 Å². The summed E-state index contributed by atoms with van der Waals surface area (Å²) < 4.78 is 38.7. The Bertz CT molecular complexity index is 746. The van der Waals surface area contributed by atoms with E-state index in [4.69, 9.17) is 0 Å². The van der Waals surface area contributed by atoms with Crippen LogP contribution in [0.1, 0.15) is 17.2 Å². The van der Waals surface area contributed by atoms with Crippen molar-refractivity contribution < 1.29 is 23.1 Å². The predicted molar refractivity (Wildman–Crippen MR) is 94.2 cm³/mol. The maximum atomic E-state index is 12.9. The lowest BCUT2D eigenvalue weighted by Gasteiger charge is -2.17. The molecule has 0 aliphatic rings. The number of carbonyl (C=O) groups excluding carboxylic acids is 1. The van der Waals surface area contributed by atoms with Crippen LogP contribution in [0.4, 0.5) is 29.3 Å². The number of aliphatic hydroxyl groups is 1. The van der Waals surface area contributed by atoms with Gasteiger partial charge in [0.25, 0.3) is 0 Å². The molecule has 140 valence electrons. The molecule has 0 aliphatic heterocycles. The molecule has 0 aromatic heterocycles. The number of urea groups is 1. The fourth-order valence-corrected chi connectivity index (χ4v) is 2.31. The molecule has 1 atom stereocenters. The number of para-hydroxylation sites is 1. The number of hydrogen-bond donors (Lipinski definition) is 3. The monoisotopic (exact) mass is 367 g/mol. The fourth-order valence-electron chi connectivity index (χ4n) is 2.31. The van der Waals surface area contributed by atoms with Gasteiger partial charge < -0.3 is 20.6 Å². The molecule has 0 spiro atoms. The Hall–Kier alpha value is -2.74. The first kappa shape index (κ1) is 19.6. The van der Waals surface area contributed by atoms with Crippen molar-refractivity contribution in [1.29, 1.82) is 0 Å². The van der Waals surface area contributed by atoms with E-state index < -0.39 is 23.9 Å². The summed E-state index contributed by atoms with van der Waals surface area (Å²) in [5.74, 6) is 0. The number of alkyl halides is 3. The minimum absolute atomic E-state index is 0.138. The van der Waals surface area contributed by atoms with Gasteiger partial charge in [0.2, 0.25) is 0 Å². The van der Waals surface area contributed by atoms with E-state index in [1.165, 1.54) is 18.2 Å². The molecule has 0 saturated carbocycles. The number of aliphatic hydroxyl groups excluding tert-OH is 1. The molecule has 2 aromatic rings. The molecule has 8 heteroatoms. The number of nitrogens with zero attached hydrogens (tertiary/aromatic N) is 1. The SMILES string of the molecule is CN(C)c1ccc([C@@H](O)CNC(=O)Nc2ccccc2C(F)(F)F)cc1. The van der Waals surface area contributed by atoms with E-state index in [9.17, 15) is 23.1 Å². The molecule has 0 bridgehead atoms. The second-order valence-electron chi connectivity index (χ2n) is 5.88. The predicted octanol–water partition coefficient (Wildman–Crippen LogP) is 3.63. The number of rotatable bonds is 5. The summed E-state index contributed by atoms with van der Waals surface area (Å²) in [6.07, 6.45) is -5.55. The van der Waals surface area contributed by atoms with Crippen LogP contribution in [-0.4, -0.2) is 31.8 Å². The lowest BCUT2D eigenvalue weighted by molar-refractivity contribution is -0.136. The second kappa shape index (κ2) is 8.09. The zero-order chi connectivity index (χ0) is 19.3.